The summed E-state index contributed by atoms with van der Waals surface area (Å²) in [4.78, 5) is 21.2. The SMILES string of the molecule is C=CN(CCN1CCN(C(=O)OC(C)(C)C)CC1)N(C)OC. The number of amides is 1. The third kappa shape index (κ3) is 6.21. The van der Waals surface area contributed by atoms with Crippen LogP contribution in [0, 0.1) is 0 Å². The predicted octanol–water partition coefficient (Wildman–Crippen LogP) is 1.39. The Hall–Kier alpha value is -1.31. The van der Waals surface area contributed by atoms with Gasteiger partial charge in [-0.3, -0.25) is 14.7 Å². The maximum atomic E-state index is 12.0. The van der Waals surface area contributed by atoms with Crippen LogP contribution in [-0.2, 0) is 9.57 Å². The molecule has 1 fully saturated rings. The standard InChI is InChI=1S/C15H30N4O3/c1-7-19(16(5)21-6)13-10-17-8-11-18(12-9-17)14(20)22-15(2,3)4/h7H,1,8-13H2,2-6H3. The second-order valence-corrected chi connectivity index (χ2v) is 6.30. The van der Waals surface area contributed by atoms with Crippen molar-refractivity contribution in [2.24, 2.45) is 0 Å². The van der Waals surface area contributed by atoms with Crippen LogP contribution >= 0.6 is 0 Å². The van der Waals surface area contributed by atoms with Gasteiger partial charge in [-0.25, -0.2) is 4.79 Å². The van der Waals surface area contributed by atoms with Gasteiger partial charge in [0.15, 0.2) is 0 Å². The van der Waals surface area contributed by atoms with Crippen LogP contribution in [0.4, 0.5) is 4.79 Å². The summed E-state index contributed by atoms with van der Waals surface area (Å²) >= 11 is 0. The first-order chi connectivity index (χ1) is 10.3. The van der Waals surface area contributed by atoms with Gasteiger partial charge in [-0.15, -0.1) is 5.17 Å². The first-order valence-corrected chi connectivity index (χ1v) is 7.64. The minimum atomic E-state index is -0.441. The van der Waals surface area contributed by atoms with Crippen LogP contribution in [-0.4, -0.2) is 85.1 Å². The van der Waals surface area contributed by atoms with Gasteiger partial charge in [0.1, 0.15) is 5.60 Å². The number of hydrazine groups is 1. The van der Waals surface area contributed by atoms with E-state index in [9.17, 15) is 4.79 Å². The second-order valence-electron chi connectivity index (χ2n) is 6.30. The highest BCUT2D eigenvalue weighted by atomic mass is 16.7. The summed E-state index contributed by atoms with van der Waals surface area (Å²) in [6, 6.07) is 0. The van der Waals surface area contributed by atoms with Crippen LogP contribution < -0.4 is 0 Å². The third-order valence-corrected chi connectivity index (χ3v) is 3.51. The molecule has 1 saturated heterocycles. The van der Waals surface area contributed by atoms with Gasteiger partial charge in [-0.05, 0) is 20.8 Å². The Balaban J connectivity index is 2.33. The van der Waals surface area contributed by atoms with Gasteiger partial charge in [-0.2, -0.15) is 0 Å². The van der Waals surface area contributed by atoms with E-state index in [0.717, 1.165) is 26.2 Å². The van der Waals surface area contributed by atoms with Crippen molar-refractivity contribution in [1.29, 1.82) is 0 Å². The number of piperazine rings is 1. The van der Waals surface area contributed by atoms with E-state index in [1.165, 1.54) is 0 Å². The zero-order chi connectivity index (χ0) is 16.8. The molecule has 7 heteroatoms. The fourth-order valence-electron chi connectivity index (χ4n) is 2.18. The molecule has 0 spiro atoms. The van der Waals surface area contributed by atoms with Crippen LogP contribution in [0.1, 0.15) is 20.8 Å². The van der Waals surface area contributed by atoms with Crippen LogP contribution in [0.2, 0.25) is 0 Å². The molecule has 0 N–H and O–H groups in total. The molecule has 1 amide bonds. The summed E-state index contributed by atoms with van der Waals surface area (Å²) in [7, 11) is 3.46. The van der Waals surface area contributed by atoms with Crippen LogP contribution in [0.5, 0.6) is 0 Å². The lowest BCUT2D eigenvalue weighted by molar-refractivity contribution is -0.230. The van der Waals surface area contributed by atoms with Crippen molar-refractivity contribution in [1.82, 2.24) is 20.0 Å². The molecule has 0 aromatic carbocycles. The molecule has 1 aliphatic heterocycles. The Morgan fingerprint density at radius 3 is 2.32 bits per heavy atom. The summed E-state index contributed by atoms with van der Waals surface area (Å²) in [6.45, 7) is 14.2. The molecule has 128 valence electrons. The molecule has 0 aromatic rings. The maximum Gasteiger partial charge on any atom is 0.410 e. The highest BCUT2D eigenvalue weighted by Gasteiger charge is 2.25. The summed E-state index contributed by atoms with van der Waals surface area (Å²) in [5.41, 5.74) is -0.441. The van der Waals surface area contributed by atoms with Gasteiger partial charge in [0.25, 0.3) is 0 Å². The number of carbonyl (C=O) groups is 1. The normalized spacial score (nSPS) is 16.7. The maximum absolute atomic E-state index is 12.0. The number of ether oxygens (including phenoxy) is 1. The molecule has 0 bridgehead atoms. The lowest BCUT2D eigenvalue weighted by atomic mass is 10.2. The largest absolute Gasteiger partial charge is 0.444 e. The first kappa shape index (κ1) is 18.7. The average Bonchev–Trinajstić information content (AvgIpc) is 2.46. The predicted molar refractivity (Wildman–Crippen MR) is 85.9 cm³/mol. The summed E-state index contributed by atoms with van der Waals surface area (Å²) < 4.78 is 5.40. The van der Waals surface area contributed by atoms with Gasteiger partial charge in [0.05, 0.1) is 7.11 Å². The van der Waals surface area contributed by atoms with E-state index in [1.807, 2.05) is 32.8 Å². The second kappa shape index (κ2) is 8.36. The molecule has 1 aliphatic rings. The molecule has 7 nitrogen and oxygen atoms in total. The molecule has 1 heterocycles. The van der Waals surface area contributed by atoms with E-state index in [0.29, 0.717) is 13.1 Å². The van der Waals surface area contributed by atoms with E-state index in [4.69, 9.17) is 9.57 Å². The highest BCUT2D eigenvalue weighted by molar-refractivity contribution is 5.68. The van der Waals surface area contributed by atoms with E-state index in [1.54, 1.807) is 23.4 Å². The van der Waals surface area contributed by atoms with Gasteiger partial charge in [0.2, 0.25) is 0 Å². The van der Waals surface area contributed by atoms with Crippen molar-refractivity contribution in [3.05, 3.63) is 12.8 Å². The summed E-state index contributed by atoms with van der Waals surface area (Å²) in [6.07, 6.45) is 1.51. The Kier molecular flexibility index (Phi) is 7.12. The van der Waals surface area contributed by atoms with Gasteiger partial charge >= 0.3 is 6.09 Å². The fourth-order valence-corrected chi connectivity index (χ4v) is 2.18. The fraction of sp³-hybridized carbons (Fsp3) is 0.800. The monoisotopic (exact) mass is 314 g/mol. The van der Waals surface area contributed by atoms with E-state index >= 15 is 0 Å². The molecule has 0 aliphatic carbocycles. The van der Waals surface area contributed by atoms with Gasteiger partial charge in [0, 0.05) is 52.5 Å². The quantitative estimate of drug-likeness (QED) is 0.691. The van der Waals surface area contributed by atoms with Crippen molar-refractivity contribution >= 4 is 6.09 Å². The van der Waals surface area contributed by atoms with Crippen LogP contribution in [0.25, 0.3) is 0 Å². The Labute approximate surface area is 134 Å². The lowest BCUT2D eigenvalue weighted by Crippen LogP contribution is -2.51. The van der Waals surface area contributed by atoms with Crippen molar-refractivity contribution in [2.75, 3.05) is 53.4 Å². The van der Waals surface area contributed by atoms with Gasteiger partial charge in [-0.1, -0.05) is 6.58 Å². The molecule has 0 atom stereocenters. The number of hydroxylamine groups is 1. The molecule has 0 unspecified atom stereocenters. The number of hydrogen-bond donors (Lipinski definition) is 0. The molecule has 0 radical (unpaired) electrons. The Bertz CT molecular complexity index is 362. The van der Waals surface area contributed by atoms with E-state index in [-0.39, 0.29) is 6.09 Å². The molecule has 0 saturated carbocycles. The highest BCUT2D eigenvalue weighted by Crippen LogP contribution is 2.12. The van der Waals surface area contributed by atoms with Crippen molar-refractivity contribution in [2.45, 2.75) is 26.4 Å². The first-order valence-electron chi connectivity index (χ1n) is 7.64. The smallest absolute Gasteiger partial charge is 0.410 e. The molecule has 0 aromatic heterocycles. The number of nitrogens with zero attached hydrogens (tertiary/aromatic N) is 4. The average molecular weight is 314 g/mol. The number of carbonyl (C=O) groups excluding carboxylic acids is 1. The van der Waals surface area contributed by atoms with E-state index in [2.05, 4.69) is 11.5 Å². The van der Waals surface area contributed by atoms with Gasteiger partial charge < -0.3 is 9.64 Å². The number of rotatable bonds is 6. The minimum absolute atomic E-state index is 0.223. The molecule has 22 heavy (non-hydrogen) atoms. The van der Waals surface area contributed by atoms with Crippen LogP contribution in [0.3, 0.4) is 0 Å². The zero-order valence-corrected chi connectivity index (χ0v) is 14.5. The third-order valence-electron chi connectivity index (χ3n) is 3.51. The zero-order valence-electron chi connectivity index (χ0n) is 14.5. The van der Waals surface area contributed by atoms with E-state index < -0.39 is 5.60 Å². The summed E-state index contributed by atoms with van der Waals surface area (Å²) in [5.74, 6) is 0. The summed E-state index contributed by atoms with van der Waals surface area (Å²) in [5, 5.41) is 3.55. The number of hydrogen-bond acceptors (Lipinski definition) is 6. The lowest BCUT2D eigenvalue weighted by Gasteiger charge is -2.37. The Morgan fingerprint density at radius 2 is 1.86 bits per heavy atom. The van der Waals surface area contributed by atoms with Crippen LogP contribution in [0.15, 0.2) is 12.8 Å². The molecule has 1 rings (SSSR count). The topological polar surface area (TPSA) is 48.5 Å². The van der Waals surface area contributed by atoms with Crippen molar-refractivity contribution in [3.8, 4) is 0 Å². The molecular formula is C15H30N4O3. The molecular weight excluding hydrogens is 284 g/mol. The van der Waals surface area contributed by atoms with Crippen molar-refractivity contribution in [3.63, 3.8) is 0 Å². The van der Waals surface area contributed by atoms with Crippen molar-refractivity contribution < 1.29 is 14.4 Å². The minimum Gasteiger partial charge on any atom is -0.444 e. The Morgan fingerprint density at radius 1 is 1.27 bits per heavy atom.